The number of allylic oxidation sites excluding steroid dienone is 2. The van der Waals surface area contributed by atoms with Crippen molar-refractivity contribution in [2.24, 2.45) is 0 Å². The first kappa shape index (κ1) is 26.6. The molecule has 3 heteroatoms. The largest absolute Gasteiger partial charge is 1.00 e. The predicted octanol–water partition coefficient (Wildman–Crippen LogP) is 2.72. The summed E-state index contributed by atoms with van der Waals surface area (Å²) in [4.78, 5) is 0. The molecule has 4 aromatic rings. The second-order valence-corrected chi connectivity index (χ2v) is 19.2. The molecule has 177 valence electrons. The summed E-state index contributed by atoms with van der Waals surface area (Å²) in [6.07, 6.45) is 9.90. The fourth-order valence-corrected chi connectivity index (χ4v) is 21.3. The first-order valence-corrected chi connectivity index (χ1v) is 18.2. The minimum Gasteiger partial charge on any atom is -1.00 e. The number of hydrogen-bond donors (Lipinski definition) is 0. The average molecular weight is 673 g/mol. The van der Waals surface area contributed by atoms with Crippen LogP contribution < -0.4 is 24.8 Å². The van der Waals surface area contributed by atoms with Crippen LogP contribution in [0.2, 0.25) is 0 Å². The first-order valence-electron chi connectivity index (χ1n) is 12.0. The van der Waals surface area contributed by atoms with Crippen LogP contribution in [0.5, 0.6) is 0 Å². The molecule has 36 heavy (non-hydrogen) atoms. The van der Waals surface area contributed by atoms with Gasteiger partial charge in [0.1, 0.15) is 0 Å². The van der Waals surface area contributed by atoms with E-state index in [1.165, 1.54) is 22.3 Å². The summed E-state index contributed by atoms with van der Waals surface area (Å²) in [5, 5.41) is 0. The average Bonchev–Trinajstić information content (AvgIpc) is 3.61. The standard InChI is InChI=1S/C13H9.2C9H7.C2H4.2ClH.Hf/c1-3-7-12-10(5-1)9-11-6-2-4-8-13(11)12;2*1-2-5-9-7-3-6-8(9)4-1;1-2;;;/h1-9H;2*1-7H;1-2H2;2*1H;/q;;;;;;+2/p-2. The fourth-order valence-electron chi connectivity index (χ4n) is 6.15. The number of benzene rings is 4. The maximum atomic E-state index is 3.00. The molecule has 0 aromatic heterocycles. The summed E-state index contributed by atoms with van der Waals surface area (Å²) in [6.45, 7) is 6.00. The minimum atomic E-state index is -2.54. The topological polar surface area (TPSA) is 0 Å². The van der Waals surface area contributed by atoms with E-state index in [1.807, 2.05) is 0 Å². The van der Waals surface area contributed by atoms with Gasteiger partial charge in [0.15, 0.2) is 0 Å². The maximum Gasteiger partial charge on any atom is -0.106 e. The molecule has 0 N–H and O–H groups in total. The zero-order chi connectivity index (χ0) is 23.1. The molecule has 7 rings (SSSR count). The Morgan fingerprint density at radius 3 is 1.28 bits per heavy atom. The molecule has 0 radical (unpaired) electrons. The zero-order valence-corrected chi connectivity index (χ0v) is 25.1. The third kappa shape index (κ3) is 4.22. The van der Waals surface area contributed by atoms with Crippen molar-refractivity contribution in [1.29, 1.82) is 0 Å². The van der Waals surface area contributed by atoms with E-state index in [0.29, 0.717) is 11.0 Å². The molecule has 0 fully saturated rings. The summed E-state index contributed by atoms with van der Waals surface area (Å²) in [5.74, 6) is 0. The summed E-state index contributed by atoms with van der Waals surface area (Å²) >= 11 is -2.54. The van der Waals surface area contributed by atoms with E-state index in [2.05, 4.69) is 135 Å². The van der Waals surface area contributed by atoms with Crippen LogP contribution >= 0.6 is 0 Å². The Hall–Kier alpha value is -2.45. The molecule has 4 aromatic carbocycles. The third-order valence-electron chi connectivity index (χ3n) is 7.48. The Bertz CT molecular complexity index is 1330. The van der Waals surface area contributed by atoms with Crippen LogP contribution in [-0.2, 0) is 21.4 Å². The van der Waals surface area contributed by atoms with Crippen LogP contribution in [0.4, 0.5) is 0 Å². The van der Waals surface area contributed by atoms with Crippen molar-refractivity contribution < 1.29 is 46.3 Å². The molecule has 2 unspecified atom stereocenters. The second-order valence-electron chi connectivity index (χ2n) is 9.04. The summed E-state index contributed by atoms with van der Waals surface area (Å²) in [6, 6.07) is 36.6. The van der Waals surface area contributed by atoms with Gasteiger partial charge in [0.05, 0.1) is 0 Å². The van der Waals surface area contributed by atoms with Gasteiger partial charge in [0, 0.05) is 0 Å². The van der Waals surface area contributed by atoms with Crippen LogP contribution in [-0.4, -0.2) is 0 Å². The third-order valence-corrected chi connectivity index (χ3v) is 20.9. The number of rotatable bonds is 3. The van der Waals surface area contributed by atoms with Gasteiger partial charge in [0.25, 0.3) is 0 Å². The Balaban J connectivity index is 0.000000743. The summed E-state index contributed by atoms with van der Waals surface area (Å²) < 4.78 is 1.77. The Kier molecular flexibility index (Phi) is 8.35. The molecule has 0 spiro atoms. The van der Waals surface area contributed by atoms with Gasteiger partial charge >= 0.3 is 198 Å². The minimum absolute atomic E-state index is 0. The molecule has 3 aliphatic rings. The molecule has 0 saturated heterocycles. The van der Waals surface area contributed by atoms with Crippen LogP contribution in [0.3, 0.4) is 0 Å². The van der Waals surface area contributed by atoms with Crippen molar-refractivity contribution >= 4 is 12.2 Å². The molecule has 0 bridgehead atoms. The van der Waals surface area contributed by atoms with E-state index in [0.717, 1.165) is 0 Å². The van der Waals surface area contributed by atoms with E-state index in [9.17, 15) is 0 Å². The molecule has 0 amide bonds. The van der Waals surface area contributed by atoms with Crippen molar-refractivity contribution in [3.63, 3.8) is 0 Å². The van der Waals surface area contributed by atoms with Crippen molar-refractivity contribution in [3.05, 3.63) is 156 Å². The zero-order valence-electron chi connectivity index (χ0n) is 19.9. The smallest absolute Gasteiger partial charge is 0.106 e. The Labute approximate surface area is 234 Å². The van der Waals surface area contributed by atoms with Gasteiger partial charge in [-0.05, 0) is 0 Å². The van der Waals surface area contributed by atoms with E-state index >= 15 is 0 Å². The van der Waals surface area contributed by atoms with Gasteiger partial charge in [-0.3, -0.25) is 0 Å². The van der Waals surface area contributed by atoms with Crippen molar-refractivity contribution in [2.45, 2.75) is 11.0 Å². The number of hydrogen-bond acceptors (Lipinski definition) is 0. The monoisotopic (exact) mass is 673 g/mol. The van der Waals surface area contributed by atoms with Gasteiger partial charge in [-0.2, -0.15) is 0 Å². The molecule has 0 heterocycles. The molecular formula is C33H27Cl2Hf. The van der Waals surface area contributed by atoms with E-state index in [4.69, 9.17) is 0 Å². The van der Waals surface area contributed by atoms with Crippen LogP contribution in [0, 0.1) is 0 Å². The molecular weight excluding hydrogens is 646 g/mol. The van der Waals surface area contributed by atoms with Gasteiger partial charge in [-0.15, -0.1) is 13.2 Å². The van der Waals surface area contributed by atoms with Crippen LogP contribution in [0.15, 0.2) is 122 Å². The van der Waals surface area contributed by atoms with Crippen molar-refractivity contribution in [1.82, 2.24) is 0 Å². The Morgan fingerprint density at radius 2 is 0.833 bits per heavy atom. The van der Waals surface area contributed by atoms with E-state index in [1.54, 1.807) is 22.3 Å². The van der Waals surface area contributed by atoms with Crippen molar-refractivity contribution in [3.8, 4) is 11.1 Å². The molecule has 0 saturated carbocycles. The first-order chi connectivity index (χ1) is 16.9. The van der Waals surface area contributed by atoms with Gasteiger partial charge in [-0.25, -0.2) is 0 Å². The van der Waals surface area contributed by atoms with Gasteiger partial charge < -0.3 is 24.8 Å². The maximum absolute atomic E-state index is 3.00. The quantitative estimate of drug-likeness (QED) is 0.232. The fraction of sp³-hybridized carbons (Fsp3) is 0.0909. The molecule has 0 aliphatic heterocycles. The SMILES string of the molecule is C1=C[CH]([Hf+2]([CH]2C=Cc3ccccc32)[CH]2c3ccccc3-c3ccccc32)c2ccccc21.C=C.[Cl-].[Cl-]. The van der Waals surface area contributed by atoms with Crippen LogP contribution in [0.25, 0.3) is 23.3 Å². The molecule has 2 atom stereocenters. The number of fused-ring (bicyclic) bond motifs is 5. The van der Waals surface area contributed by atoms with Gasteiger partial charge in [0.2, 0.25) is 0 Å². The number of halogens is 2. The molecule has 0 nitrogen and oxygen atoms in total. The Morgan fingerprint density at radius 1 is 0.472 bits per heavy atom. The van der Waals surface area contributed by atoms with Crippen molar-refractivity contribution in [2.75, 3.05) is 0 Å². The predicted molar refractivity (Wildman–Crippen MR) is 141 cm³/mol. The second kappa shape index (κ2) is 11.3. The summed E-state index contributed by atoms with van der Waals surface area (Å²) in [7, 11) is 0. The van der Waals surface area contributed by atoms with Crippen LogP contribution in [0.1, 0.15) is 44.4 Å². The van der Waals surface area contributed by atoms with E-state index < -0.39 is 21.4 Å². The van der Waals surface area contributed by atoms with E-state index in [-0.39, 0.29) is 24.8 Å². The van der Waals surface area contributed by atoms with Gasteiger partial charge in [-0.1, -0.05) is 0 Å². The molecule has 3 aliphatic carbocycles. The normalized spacial score (nSPS) is 17.4. The summed E-state index contributed by atoms with van der Waals surface area (Å²) in [5.41, 5.74) is 12.0.